The van der Waals surface area contributed by atoms with Crippen molar-refractivity contribution in [2.75, 3.05) is 13.4 Å². The quantitative estimate of drug-likeness (QED) is 0.106. The molecule has 3 unspecified atom stereocenters. The fraction of sp³-hybridized carbons (Fsp3) is 0.241. The fourth-order valence-electron chi connectivity index (χ4n) is 3.96. The summed E-state index contributed by atoms with van der Waals surface area (Å²) < 4.78 is 33.0. The minimum Gasteiger partial charge on any atom is -0.451 e. The van der Waals surface area contributed by atoms with E-state index in [1.807, 2.05) is 0 Å². The molecule has 0 amide bonds. The van der Waals surface area contributed by atoms with E-state index in [4.69, 9.17) is 23.1 Å². The van der Waals surface area contributed by atoms with Crippen LogP contribution in [0.1, 0.15) is 31.1 Å². The highest BCUT2D eigenvalue weighted by Crippen LogP contribution is 2.34. The molecule has 1 aliphatic heterocycles. The van der Waals surface area contributed by atoms with Gasteiger partial charge in [0.25, 0.3) is 0 Å². The van der Waals surface area contributed by atoms with Gasteiger partial charge in [0.2, 0.25) is 0 Å². The molecule has 1 aliphatic rings. The van der Waals surface area contributed by atoms with E-state index in [0.29, 0.717) is 5.56 Å². The van der Waals surface area contributed by atoms with Gasteiger partial charge < -0.3 is 18.9 Å². The molecule has 3 aromatic carbocycles. The number of esters is 3. The first-order valence-electron chi connectivity index (χ1n) is 12.2. The van der Waals surface area contributed by atoms with Crippen LogP contribution < -0.4 is 0 Å². The van der Waals surface area contributed by atoms with Crippen LogP contribution in [0.15, 0.2) is 95.4 Å². The van der Waals surface area contributed by atoms with Crippen molar-refractivity contribution in [1.29, 1.82) is 0 Å². The normalized spacial score (nSPS) is 22.4. The molecule has 0 saturated carbocycles. The smallest absolute Gasteiger partial charge is 0.338 e. The summed E-state index contributed by atoms with van der Waals surface area (Å²) in [6, 6.07) is 25.1. The SMILES string of the molecule is COSN=C[C@H]1OC(SC)[C@H](OC(=O)c2ccccc2)C(OC(=O)c2ccccc2)C1OC(=O)c1ccccc1. The second kappa shape index (κ2) is 14.7. The van der Waals surface area contributed by atoms with Gasteiger partial charge in [0, 0.05) is 6.21 Å². The summed E-state index contributed by atoms with van der Waals surface area (Å²) in [6.07, 6.45) is -1.41. The molecule has 1 heterocycles. The molecule has 208 valence electrons. The minimum absolute atomic E-state index is 0.274. The van der Waals surface area contributed by atoms with E-state index in [1.165, 1.54) is 25.1 Å². The van der Waals surface area contributed by atoms with Crippen LogP contribution in [0.5, 0.6) is 0 Å². The van der Waals surface area contributed by atoms with Crippen molar-refractivity contribution in [3.63, 3.8) is 0 Å². The average Bonchev–Trinajstić information content (AvgIpc) is 3.00. The summed E-state index contributed by atoms with van der Waals surface area (Å²) in [7, 11) is 1.45. The Labute approximate surface area is 240 Å². The summed E-state index contributed by atoms with van der Waals surface area (Å²) in [5.41, 5.74) is 0.0592. The molecule has 9 nitrogen and oxygen atoms in total. The molecule has 0 bridgehead atoms. The van der Waals surface area contributed by atoms with Crippen LogP contribution in [-0.4, -0.2) is 67.3 Å². The Morgan fingerprint density at radius 2 is 1.12 bits per heavy atom. The Balaban J connectivity index is 1.73. The van der Waals surface area contributed by atoms with Gasteiger partial charge in [-0.2, -0.15) is 4.40 Å². The number of rotatable bonds is 10. The molecular weight excluding hydrogens is 554 g/mol. The second-order valence-corrected chi connectivity index (χ2v) is 10.0. The third-order valence-corrected chi connectivity index (χ3v) is 7.05. The summed E-state index contributed by atoms with van der Waals surface area (Å²) in [5, 5.41) is 0. The fourth-order valence-corrected chi connectivity index (χ4v) is 4.94. The van der Waals surface area contributed by atoms with Gasteiger partial charge in [-0.15, -0.1) is 11.8 Å². The number of nitrogens with zero attached hydrogens (tertiary/aromatic N) is 1. The third-order valence-electron chi connectivity index (χ3n) is 5.85. The third kappa shape index (κ3) is 7.51. The van der Waals surface area contributed by atoms with Gasteiger partial charge in [0.15, 0.2) is 18.3 Å². The number of hydrogen-bond donors (Lipinski definition) is 0. The Morgan fingerprint density at radius 3 is 1.55 bits per heavy atom. The van der Waals surface area contributed by atoms with Crippen LogP contribution in [0.2, 0.25) is 0 Å². The van der Waals surface area contributed by atoms with E-state index in [9.17, 15) is 14.4 Å². The average molecular weight is 582 g/mol. The molecule has 0 spiro atoms. The van der Waals surface area contributed by atoms with Gasteiger partial charge in [-0.3, -0.25) is 4.18 Å². The van der Waals surface area contributed by atoms with Gasteiger partial charge in [0.05, 0.1) is 23.8 Å². The maximum absolute atomic E-state index is 13.3. The highest BCUT2D eigenvalue weighted by molar-refractivity contribution is 7.99. The molecule has 1 fully saturated rings. The standard InChI is InChI=1S/C29H27NO8S2/c1-34-40-30-18-22-23(36-26(31)19-12-6-3-7-13-19)24(37-27(32)20-14-8-4-9-15-20)25(29(35-22)39-2)38-28(33)21-16-10-5-11-17-21/h3-18,22-25,29H,1-2H3/t22-,23?,24?,25-,29?/m1/s1. The monoisotopic (exact) mass is 581 g/mol. The van der Waals surface area contributed by atoms with E-state index >= 15 is 0 Å². The van der Waals surface area contributed by atoms with Gasteiger partial charge in [0.1, 0.15) is 23.8 Å². The lowest BCUT2D eigenvalue weighted by molar-refractivity contribution is -0.181. The highest BCUT2D eigenvalue weighted by Gasteiger charge is 2.52. The number of carbonyl (C=O) groups is 3. The maximum Gasteiger partial charge on any atom is 0.338 e. The van der Waals surface area contributed by atoms with Crippen molar-refractivity contribution in [2.45, 2.75) is 29.9 Å². The zero-order valence-corrected chi connectivity index (χ0v) is 23.3. The van der Waals surface area contributed by atoms with E-state index < -0.39 is 47.8 Å². The highest BCUT2D eigenvalue weighted by atomic mass is 32.2. The van der Waals surface area contributed by atoms with Gasteiger partial charge in [-0.1, -0.05) is 54.6 Å². The Bertz CT molecular complexity index is 1290. The Morgan fingerprint density at radius 1 is 0.700 bits per heavy atom. The van der Waals surface area contributed by atoms with E-state index in [2.05, 4.69) is 4.40 Å². The van der Waals surface area contributed by atoms with Crippen molar-refractivity contribution in [3.8, 4) is 0 Å². The predicted molar refractivity (Wildman–Crippen MR) is 152 cm³/mol. The predicted octanol–water partition coefficient (Wildman–Crippen LogP) is 5.03. The summed E-state index contributed by atoms with van der Waals surface area (Å²) in [6.45, 7) is 0. The van der Waals surface area contributed by atoms with E-state index in [1.54, 1.807) is 97.3 Å². The molecule has 11 heteroatoms. The van der Waals surface area contributed by atoms with Crippen molar-refractivity contribution in [2.24, 2.45) is 4.40 Å². The molecule has 40 heavy (non-hydrogen) atoms. The van der Waals surface area contributed by atoms with Crippen LogP contribution in [0, 0.1) is 0 Å². The molecule has 3 aromatic rings. The zero-order chi connectivity index (χ0) is 28.3. The van der Waals surface area contributed by atoms with Crippen molar-refractivity contribution >= 4 is 48.1 Å². The van der Waals surface area contributed by atoms with Gasteiger partial charge in [-0.05, 0) is 42.7 Å². The lowest BCUT2D eigenvalue weighted by atomic mass is 9.99. The van der Waals surface area contributed by atoms with Crippen LogP contribution in [0.25, 0.3) is 0 Å². The van der Waals surface area contributed by atoms with Gasteiger partial charge in [-0.25, -0.2) is 14.4 Å². The van der Waals surface area contributed by atoms with Crippen LogP contribution in [-0.2, 0) is 23.1 Å². The van der Waals surface area contributed by atoms with Crippen molar-refractivity contribution in [3.05, 3.63) is 108 Å². The molecule has 0 N–H and O–H groups in total. The van der Waals surface area contributed by atoms with Crippen LogP contribution >= 0.6 is 24.0 Å². The van der Waals surface area contributed by atoms with Gasteiger partial charge >= 0.3 is 17.9 Å². The number of thioether (sulfide) groups is 1. The minimum atomic E-state index is -1.25. The zero-order valence-electron chi connectivity index (χ0n) is 21.7. The number of ether oxygens (including phenoxy) is 4. The topological polar surface area (TPSA) is 110 Å². The summed E-state index contributed by atoms with van der Waals surface area (Å²) in [5.74, 6) is -2.01. The maximum atomic E-state index is 13.3. The largest absolute Gasteiger partial charge is 0.451 e. The Kier molecular flexibility index (Phi) is 10.8. The molecule has 5 atom stereocenters. The first kappa shape index (κ1) is 29.3. The second-order valence-electron chi connectivity index (χ2n) is 8.41. The Hall–Kier alpha value is -3.64. The van der Waals surface area contributed by atoms with Crippen molar-refractivity contribution in [1.82, 2.24) is 0 Å². The van der Waals surface area contributed by atoms with Crippen molar-refractivity contribution < 1.29 is 37.5 Å². The van der Waals surface area contributed by atoms with Crippen LogP contribution in [0.3, 0.4) is 0 Å². The lowest BCUT2D eigenvalue weighted by Crippen LogP contribution is -2.61. The molecule has 4 rings (SSSR count). The lowest BCUT2D eigenvalue weighted by Gasteiger charge is -2.43. The summed E-state index contributed by atoms with van der Waals surface area (Å²) >= 11 is 2.04. The number of benzene rings is 3. The molecule has 1 saturated heterocycles. The first-order chi connectivity index (χ1) is 19.5. The molecule has 0 aromatic heterocycles. The first-order valence-corrected chi connectivity index (χ1v) is 14.2. The van der Waals surface area contributed by atoms with E-state index in [0.717, 1.165) is 12.2 Å². The molecule has 0 radical (unpaired) electrons. The number of carbonyl (C=O) groups excluding carboxylic acids is 3. The molecule has 0 aliphatic carbocycles. The van der Waals surface area contributed by atoms with E-state index in [-0.39, 0.29) is 11.1 Å². The number of hydrogen-bond acceptors (Lipinski definition) is 11. The summed E-state index contributed by atoms with van der Waals surface area (Å²) in [4.78, 5) is 39.6. The van der Waals surface area contributed by atoms with Crippen LogP contribution in [0.4, 0.5) is 0 Å². The molecular formula is C29H27NO8S2.